The Morgan fingerprint density at radius 2 is 1.15 bits per heavy atom. The highest BCUT2D eigenvalue weighted by Crippen LogP contribution is 2.16. The molecule has 0 saturated carbocycles. The van der Waals surface area contributed by atoms with E-state index in [2.05, 4.69) is 6.07 Å². The summed E-state index contributed by atoms with van der Waals surface area (Å²) in [7, 11) is 0. The number of rotatable bonds is 4. The average Bonchev–Trinajstić information content (AvgIpc) is 2.56. The van der Waals surface area contributed by atoms with E-state index >= 15 is 0 Å². The molecule has 2 rings (SSSR count). The summed E-state index contributed by atoms with van der Waals surface area (Å²) in [6.45, 7) is 10.0. The molecule has 27 heavy (non-hydrogen) atoms. The fraction of sp³-hybridized carbons (Fsp3) is 0.217. The highest BCUT2D eigenvalue weighted by Gasteiger charge is 1.99. The Hall–Kier alpha value is -3.14. The van der Waals surface area contributed by atoms with E-state index in [4.69, 9.17) is 10.2 Å². The highest BCUT2D eigenvalue weighted by atomic mass is 16.4. The first-order valence-electron chi connectivity index (χ1n) is 8.57. The van der Waals surface area contributed by atoms with Gasteiger partial charge < -0.3 is 10.2 Å². The summed E-state index contributed by atoms with van der Waals surface area (Å²) in [5, 5.41) is 16.9. The minimum Gasteiger partial charge on any atom is -0.478 e. The molecule has 0 atom stereocenters. The van der Waals surface area contributed by atoms with Crippen molar-refractivity contribution in [3.8, 4) is 0 Å². The molecule has 0 fully saturated rings. The maximum Gasteiger partial charge on any atom is 0.328 e. The van der Waals surface area contributed by atoms with Gasteiger partial charge in [-0.2, -0.15) is 0 Å². The molecule has 0 aliphatic heterocycles. The quantitative estimate of drug-likeness (QED) is 0.737. The van der Waals surface area contributed by atoms with Crippen molar-refractivity contribution in [2.75, 3.05) is 0 Å². The van der Waals surface area contributed by atoms with Crippen molar-refractivity contribution < 1.29 is 19.8 Å². The Morgan fingerprint density at radius 1 is 0.667 bits per heavy atom. The van der Waals surface area contributed by atoms with E-state index in [0.717, 1.165) is 34.4 Å². The summed E-state index contributed by atoms with van der Waals surface area (Å²) in [4.78, 5) is 20.6. The molecule has 0 aliphatic rings. The molecule has 0 aromatic heterocycles. The lowest BCUT2D eigenvalue weighted by atomic mass is 10.0. The van der Waals surface area contributed by atoms with Crippen LogP contribution in [0, 0.1) is 34.6 Å². The lowest BCUT2D eigenvalue weighted by Gasteiger charge is -2.05. The fourth-order valence-electron chi connectivity index (χ4n) is 2.50. The summed E-state index contributed by atoms with van der Waals surface area (Å²) in [5.74, 6) is -1.83. The van der Waals surface area contributed by atoms with Gasteiger partial charge >= 0.3 is 11.9 Å². The van der Waals surface area contributed by atoms with Crippen molar-refractivity contribution in [3.63, 3.8) is 0 Å². The number of aryl methyl sites for hydroxylation is 5. The van der Waals surface area contributed by atoms with Gasteiger partial charge in [-0.05, 0) is 80.2 Å². The molecule has 2 N–H and O–H groups in total. The third kappa shape index (κ3) is 7.74. The standard InChI is InChI=1S/C12H14O2.C11H12O2/c1-8-6-10(3)11(7-9(8)2)4-5-12(13)14;1-8-3-4-10(9(2)7-8)5-6-11(12)13/h4-7H,1-3H3,(H,13,14);3-7H,1-2H3,(H,12,13). The number of hydrogen-bond donors (Lipinski definition) is 2. The normalized spacial score (nSPS) is 10.7. The van der Waals surface area contributed by atoms with E-state index in [9.17, 15) is 9.59 Å². The summed E-state index contributed by atoms with van der Waals surface area (Å²) < 4.78 is 0. The van der Waals surface area contributed by atoms with Crippen molar-refractivity contribution in [3.05, 3.63) is 81.4 Å². The first-order valence-corrected chi connectivity index (χ1v) is 8.57. The molecular weight excluding hydrogens is 340 g/mol. The zero-order chi connectivity index (χ0) is 20.6. The van der Waals surface area contributed by atoms with Crippen LogP contribution in [-0.2, 0) is 9.59 Å². The summed E-state index contributed by atoms with van der Waals surface area (Å²) in [6, 6.07) is 9.99. The van der Waals surface area contributed by atoms with Gasteiger partial charge in [0.1, 0.15) is 0 Å². The molecule has 0 aliphatic carbocycles. The smallest absolute Gasteiger partial charge is 0.328 e. The second-order valence-corrected chi connectivity index (χ2v) is 6.50. The molecule has 0 bridgehead atoms. The van der Waals surface area contributed by atoms with Crippen molar-refractivity contribution in [2.45, 2.75) is 34.6 Å². The molecule has 142 valence electrons. The topological polar surface area (TPSA) is 74.6 Å². The van der Waals surface area contributed by atoms with Crippen LogP contribution in [0.2, 0.25) is 0 Å². The lowest BCUT2D eigenvalue weighted by molar-refractivity contribution is -0.132. The van der Waals surface area contributed by atoms with Crippen LogP contribution in [0.4, 0.5) is 0 Å². The van der Waals surface area contributed by atoms with Crippen LogP contribution in [0.5, 0.6) is 0 Å². The summed E-state index contributed by atoms with van der Waals surface area (Å²) in [5.41, 5.74) is 7.71. The van der Waals surface area contributed by atoms with Gasteiger partial charge in [0, 0.05) is 12.2 Å². The first-order chi connectivity index (χ1) is 12.6. The van der Waals surface area contributed by atoms with E-state index in [1.54, 1.807) is 12.2 Å². The molecule has 0 heterocycles. The molecule has 2 aromatic carbocycles. The largest absolute Gasteiger partial charge is 0.478 e. The van der Waals surface area contributed by atoms with Gasteiger partial charge in [0.15, 0.2) is 0 Å². The molecule has 4 heteroatoms. The Bertz CT molecular complexity index is 889. The lowest BCUT2D eigenvalue weighted by Crippen LogP contribution is -1.90. The van der Waals surface area contributed by atoms with Crippen LogP contribution in [0.25, 0.3) is 12.2 Å². The molecule has 0 amide bonds. The van der Waals surface area contributed by atoms with Gasteiger partial charge in [-0.1, -0.05) is 35.9 Å². The van der Waals surface area contributed by atoms with Crippen LogP contribution in [-0.4, -0.2) is 22.2 Å². The molecule has 4 nitrogen and oxygen atoms in total. The van der Waals surface area contributed by atoms with Crippen LogP contribution in [0.3, 0.4) is 0 Å². The Kier molecular flexibility index (Phi) is 8.21. The van der Waals surface area contributed by atoms with Crippen LogP contribution < -0.4 is 0 Å². The zero-order valence-corrected chi connectivity index (χ0v) is 16.4. The van der Waals surface area contributed by atoms with Gasteiger partial charge in [-0.15, -0.1) is 0 Å². The maximum atomic E-state index is 10.3. The Labute approximate surface area is 160 Å². The number of aliphatic carboxylic acids is 2. The molecule has 0 saturated heterocycles. The van der Waals surface area contributed by atoms with Gasteiger partial charge in [0.05, 0.1) is 0 Å². The zero-order valence-electron chi connectivity index (χ0n) is 16.4. The van der Waals surface area contributed by atoms with Crippen molar-refractivity contribution >= 4 is 24.1 Å². The van der Waals surface area contributed by atoms with Crippen LogP contribution in [0.15, 0.2) is 42.5 Å². The first kappa shape index (κ1) is 21.9. The molecule has 0 radical (unpaired) electrons. The van der Waals surface area contributed by atoms with Gasteiger partial charge in [0.2, 0.25) is 0 Å². The number of carbonyl (C=O) groups is 2. The van der Waals surface area contributed by atoms with Gasteiger partial charge in [-0.3, -0.25) is 0 Å². The van der Waals surface area contributed by atoms with Gasteiger partial charge in [0.25, 0.3) is 0 Å². The summed E-state index contributed by atoms with van der Waals surface area (Å²) >= 11 is 0. The van der Waals surface area contributed by atoms with Crippen LogP contribution in [0.1, 0.15) is 38.9 Å². The molecular formula is C23H26O4. The third-order valence-corrected chi connectivity index (χ3v) is 4.12. The van der Waals surface area contributed by atoms with E-state index in [-0.39, 0.29) is 0 Å². The van der Waals surface area contributed by atoms with Crippen LogP contribution >= 0.6 is 0 Å². The molecule has 2 aromatic rings. The predicted molar refractivity (Wildman–Crippen MR) is 110 cm³/mol. The Balaban J connectivity index is 0.000000271. The summed E-state index contributed by atoms with van der Waals surface area (Å²) in [6.07, 6.45) is 5.55. The van der Waals surface area contributed by atoms with Crippen molar-refractivity contribution in [2.24, 2.45) is 0 Å². The van der Waals surface area contributed by atoms with E-state index in [1.807, 2.05) is 58.9 Å². The Morgan fingerprint density at radius 3 is 1.67 bits per heavy atom. The molecule has 0 spiro atoms. The van der Waals surface area contributed by atoms with E-state index < -0.39 is 11.9 Å². The number of carboxylic acid groups (broad SMARTS) is 2. The SMILES string of the molecule is Cc1cc(C)c(C=CC(=O)O)cc1C.Cc1ccc(C=CC(=O)O)c(C)c1. The minimum absolute atomic E-state index is 0.914. The second-order valence-electron chi connectivity index (χ2n) is 6.50. The number of hydrogen-bond acceptors (Lipinski definition) is 2. The number of benzene rings is 2. The number of carboxylic acids is 2. The molecule has 0 unspecified atom stereocenters. The van der Waals surface area contributed by atoms with Crippen molar-refractivity contribution in [1.29, 1.82) is 0 Å². The minimum atomic E-state index is -0.917. The fourth-order valence-corrected chi connectivity index (χ4v) is 2.50. The second kappa shape index (κ2) is 10.1. The van der Waals surface area contributed by atoms with E-state index in [0.29, 0.717) is 0 Å². The average molecular weight is 366 g/mol. The monoisotopic (exact) mass is 366 g/mol. The van der Waals surface area contributed by atoms with Gasteiger partial charge in [-0.25, -0.2) is 9.59 Å². The third-order valence-electron chi connectivity index (χ3n) is 4.12. The maximum absolute atomic E-state index is 10.3. The van der Waals surface area contributed by atoms with E-state index in [1.165, 1.54) is 16.7 Å². The highest BCUT2D eigenvalue weighted by molar-refractivity contribution is 5.86. The van der Waals surface area contributed by atoms with Crippen molar-refractivity contribution in [1.82, 2.24) is 0 Å². The predicted octanol–water partition coefficient (Wildman–Crippen LogP) is 5.11.